The number of nitrogens with two attached hydrogens (primary N) is 1. The minimum absolute atomic E-state index is 0.290. The van der Waals surface area contributed by atoms with Gasteiger partial charge in [0.2, 0.25) is 0 Å². The summed E-state index contributed by atoms with van der Waals surface area (Å²) in [7, 11) is 0. The molecule has 0 atom stereocenters. The van der Waals surface area contributed by atoms with Crippen molar-refractivity contribution in [1.82, 2.24) is 5.32 Å². The molecule has 0 heterocycles. The van der Waals surface area contributed by atoms with Gasteiger partial charge in [-0.1, -0.05) is 206 Å². The van der Waals surface area contributed by atoms with E-state index in [0.29, 0.717) is 6.54 Å². The quantitative estimate of drug-likeness (QED) is 0.0432. The molecule has 0 radical (unpaired) electrons. The summed E-state index contributed by atoms with van der Waals surface area (Å²) >= 11 is 0. The van der Waals surface area contributed by atoms with Crippen molar-refractivity contribution >= 4 is 0 Å². The first-order chi connectivity index (χ1) is 20.7. The van der Waals surface area contributed by atoms with Gasteiger partial charge in [-0.3, -0.25) is 0 Å². The molecule has 0 aromatic carbocycles. The molecular weight excluding hydrogens is 516 g/mol. The Bertz CT molecular complexity index is 417. The van der Waals surface area contributed by atoms with Crippen LogP contribution in [-0.2, 0) is 0 Å². The maximum Gasteiger partial charge on any atom is 0.164 e. The van der Waals surface area contributed by atoms with Crippen molar-refractivity contribution in [2.75, 3.05) is 19.6 Å². The average Bonchev–Trinajstić information content (AvgIpc) is 2.98. The van der Waals surface area contributed by atoms with Gasteiger partial charge in [-0.05, 0) is 25.9 Å². The predicted molar refractivity (Wildman–Crippen MR) is 189 cm³/mol. The van der Waals surface area contributed by atoms with Crippen molar-refractivity contribution in [1.29, 1.82) is 0 Å². The summed E-state index contributed by atoms with van der Waals surface area (Å²) < 4.78 is 0. The summed E-state index contributed by atoms with van der Waals surface area (Å²) in [6.45, 7) is 6.63. The number of hydrogen-bond acceptors (Lipinski definition) is 4. The fourth-order valence-electron chi connectivity index (χ4n) is 5.72. The highest BCUT2D eigenvalue weighted by molar-refractivity contribution is 4.53. The first-order valence-electron chi connectivity index (χ1n) is 19.5. The van der Waals surface area contributed by atoms with E-state index in [1.165, 1.54) is 199 Å². The number of hydrogen-bond donors (Lipinski definition) is 4. The second-order valence-corrected chi connectivity index (χ2v) is 13.1. The second-order valence-electron chi connectivity index (χ2n) is 13.1. The van der Waals surface area contributed by atoms with Gasteiger partial charge < -0.3 is 21.3 Å². The van der Waals surface area contributed by atoms with Crippen molar-refractivity contribution < 1.29 is 10.2 Å². The number of rotatable bonds is 35. The Balaban J connectivity index is 0. The zero-order chi connectivity index (χ0) is 31.0. The Morgan fingerprint density at radius 3 is 0.857 bits per heavy atom. The van der Waals surface area contributed by atoms with Gasteiger partial charge in [0.1, 0.15) is 0 Å². The third-order valence-corrected chi connectivity index (χ3v) is 8.59. The highest BCUT2D eigenvalue weighted by atomic mass is 16.5. The lowest BCUT2D eigenvalue weighted by Crippen LogP contribution is -2.26. The summed E-state index contributed by atoms with van der Waals surface area (Å²) in [6.07, 6.45) is 43.8. The van der Waals surface area contributed by atoms with Gasteiger partial charge in [0.15, 0.2) is 6.29 Å². The Morgan fingerprint density at radius 1 is 0.381 bits per heavy atom. The van der Waals surface area contributed by atoms with Crippen molar-refractivity contribution in [2.45, 2.75) is 226 Å². The Kier molecular flexibility index (Phi) is 45.0. The molecule has 0 aliphatic carbocycles. The molecule has 0 saturated carbocycles. The largest absolute Gasteiger partial charge is 0.367 e. The maximum absolute atomic E-state index is 8.68. The number of aliphatic hydroxyl groups excluding tert-OH is 1. The minimum Gasteiger partial charge on any atom is -0.367 e. The van der Waals surface area contributed by atoms with Crippen LogP contribution in [-0.4, -0.2) is 36.1 Å². The lowest BCUT2D eigenvalue weighted by Gasteiger charge is -2.06. The third-order valence-electron chi connectivity index (χ3n) is 8.59. The molecule has 0 rings (SSSR count). The van der Waals surface area contributed by atoms with E-state index in [-0.39, 0.29) is 0 Å². The van der Waals surface area contributed by atoms with Crippen LogP contribution < -0.4 is 11.1 Å². The molecule has 4 nitrogen and oxygen atoms in total. The molecule has 42 heavy (non-hydrogen) atoms. The van der Waals surface area contributed by atoms with Gasteiger partial charge in [0.05, 0.1) is 0 Å². The molecule has 0 aliphatic rings. The molecule has 0 aromatic heterocycles. The number of unbranched alkanes of at least 4 members (excludes halogenated alkanes) is 30. The Morgan fingerprint density at radius 2 is 0.619 bits per heavy atom. The van der Waals surface area contributed by atoms with Gasteiger partial charge >= 0.3 is 0 Å². The van der Waals surface area contributed by atoms with E-state index in [2.05, 4.69) is 19.2 Å². The van der Waals surface area contributed by atoms with Gasteiger partial charge in [-0.15, -0.1) is 0 Å². The van der Waals surface area contributed by atoms with Crippen LogP contribution in [0.5, 0.6) is 0 Å². The summed E-state index contributed by atoms with van der Waals surface area (Å²) in [4.78, 5) is 0. The fraction of sp³-hybridized carbons (Fsp3) is 1.00. The zero-order valence-electron chi connectivity index (χ0n) is 29.3. The van der Waals surface area contributed by atoms with Crippen LogP contribution in [0.4, 0.5) is 0 Å². The molecule has 0 saturated heterocycles. The van der Waals surface area contributed by atoms with Crippen LogP contribution >= 0.6 is 0 Å². The molecule has 0 aliphatic heterocycles. The summed E-state index contributed by atoms with van der Waals surface area (Å²) in [5.41, 5.74) is 5.48. The van der Waals surface area contributed by atoms with E-state index in [0.717, 1.165) is 19.5 Å². The predicted octanol–water partition coefficient (Wildman–Crippen LogP) is 11.4. The van der Waals surface area contributed by atoms with Crippen molar-refractivity contribution in [3.05, 3.63) is 0 Å². The average molecular weight is 599 g/mol. The van der Waals surface area contributed by atoms with E-state index in [1.807, 2.05) is 0 Å². The number of nitrogens with one attached hydrogen (secondary N) is 1. The van der Waals surface area contributed by atoms with Gasteiger partial charge in [0, 0.05) is 6.54 Å². The second kappa shape index (κ2) is 43.0. The molecular formula is C38H82N2O2. The van der Waals surface area contributed by atoms with Gasteiger partial charge in [-0.2, -0.15) is 0 Å². The lowest BCUT2D eigenvalue weighted by molar-refractivity contribution is -0.0370. The van der Waals surface area contributed by atoms with E-state index >= 15 is 0 Å². The molecule has 4 heteroatoms. The highest BCUT2D eigenvalue weighted by Gasteiger charge is 1.97. The van der Waals surface area contributed by atoms with E-state index in [4.69, 9.17) is 15.9 Å². The third kappa shape index (κ3) is 46.8. The SMILES string of the molecule is CCCCCCCCCCCCCCCCCCN.CCCCCCCCCCCCCCCCCCNCC(O)O. The normalized spacial score (nSPS) is 11.3. The topological polar surface area (TPSA) is 78.5 Å². The first-order valence-corrected chi connectivity index (χ1v) is 19.5. The van der Waals surface area contributed by atoms with Crippen LogP contribution in [0, 0.1) is 0 Å². The zero-order valence-corrected chi connectivity index (χ0v) is 29.3. The Labute approximate surface area is 266 Å². The van der Waals surface area contributed by atoms with Crippen molar-refractivity contribution in [2.24, 2.45) is 5.73 Å². The minimum atomic E-state index is -1.21. The lowest BCUT2D eigenvalue weighted by atomic mass is 10.0. The number of aliphatic hydroxyl groups is 2. The fourth-order valence-corrected chi connectivity index (χ4v) is 5.72. The monoisotopic (exact) mass is 599 g/mol. The molecule has 0 aromatic rings. The van der Waals surface area contributed by atoms with E-state index < -0.39 is 6.29 Å². The summed E-state index contributed by atoms with van der Waals surface area (Å²) in [5, 5.41) is 20.4. The Hall–Kier alpha value is -0.160. The molecule has 0 unspecified atom stereocenters. The van der Waals surface area contributed by atoms with Crippen LogP contribution in [0.3, 0.4) is 0 Å². The smallest absolute Gasteiger partial charge is 0.164 e. The van der Waals surface area contributed by atoms with Crippen molar-refractivity contribution in [3.8, 4) is 0 Å². The van der Waals surface area contributed by atoms with Crippen LogP contribution in [0.2, 0.25) is 0 Å². The highest BCUT2D eigenvalue weighted by Crippen LogP contribution is 2.15. The molecule has 256 valence electrons. The maximum atomic E-state index is 8.68. The van der Waals surface area contributed by atoms with Crippen LogP contribution in [0.1, 0.15) is 219 Å². The van der Waals surface area contributed by atoms with Crippen molar-refractivity contribution in [3.63, 3.8) is 0 Å². The molecule has 0 fully saturated rings. The van der Waals surface area contributed by atoms with E-state index in [1.54, 1.807) is 0 Å². The van der Waals surface area contributed by atoms with Gasteiger partial charge in [0.25, 0.3) is 0 Å². The summed E-state index contributed by atoms with van der Waals surface area (Å²) in [6, 6.07) is 0. The van der Waals surface area contributed by atoms with Crippen LogP contribution in [0.15, 0.2) is 0 Å². The van der Waals surface area contributed by atoms with E-state index in [9.17, 15) is 0 Å². The first kappa shape index (κ1) is 44.0. The molecule has 5 N–H and O–H groups in total. The molecule has 0 spiro atoms. The molecule has 0 bridgehead atoms. The van der Waals surface area contributed by atoms with Gasteiger partial charge in [-0.25, -0.2) is 0 Å². The molecule has 0 amide bonds. The summed E-state index contributed by atoms with van der Waals surface area (Å²) in [5.74, 6) is 0. The van der Waals surface area contributed by atoms with Crippen LogP contribution in [0.25, 0.3) is 0 Å². The standard InChI is InChI=1S/C20H43NO2.C18H39N/c1-2-3-4-5-6-7-8-9-10-11-12-13-14-15-16-17-18-21-19-20(22)23;1-2-3-4-5-6-7-8-9-10-11-12-13-14-15-16-17-18-19/h20-23H,2-19H2,1H3;2-19H2,1H3.